The summed E-state index contributed by atoms with van der Waals surface area (Å²) in [6, 6.07) is 4.83. The first kappa shape index (κ1) is 21.3. The first-order valence-corrected chi connectivity index (χ1v) is 10.5. The number of carbonyl (C=O) groups excluding carboxylic acids is 2. The SMILES string of the molecule is Cc1ccc(NC(=O)CNCCCN2CCCC2=O)cc1S(=O)(=O)N(C)C. The van der Waals surface area contributed by atoms with E-state index < -0.39 is 10.0 Å². The highest BCUT2D eigenvalue weighted by Crippen LogP contribution is 2.22. The van der Waals surface area contributed by atoms with Crippen LogP contribution in [-0.2, 0) is 19.6 Å². The number of hydrogen-bond donors (Lipinski definition) is 2. The Bertz CT molecular complexity index is 793. The summed E-state index contributed by atoms with van der Waals surface area (Å²) in [5, 5.41) is 5.75. The first-order chi connectivity index (χ1) is 12.7. The Hall–Kier alpha value is -1.97. The van der Waals surface area contributed by atoms with Crippen LogP contribution in [0.15, 0.2) is 23.1 Å². The van der Waals surface area contributed by atoms with Crippen molar-refractivity contribution in [3.63, 3.8) is 0 Å². The van der Waals surface area contributed by atoms with Gasteiger partial charge >= 0.3 is 0 Å². The highest BCUT2D eigenvalue weighted by molar-refractivity contribution is 7.89. The standard InChI is InChI=1S/C18H28N4O4S/c1-14-7-8-15(12-16(14)27(25,26)21(2)3)20-17(23)13-19-9-5-11-22-10-4-6-18(22)24/h7-8,12,19H,4-6,9-11,13H2,1-3H3,(H,20,23). The molecular formula is C18H28N4O4S. The second-order valence-corrected chi connectivity index (χ2v) is 8.95. The average Bonchev–Trinajstić information content (AvgIpc) is 3.01. The maximum atomic E-state index is 12.3. The van der Waals surface area contributed by atoms with Crippen LogP contribution >= 0.6 is 0 Å². The molecule has 0 saturated carbocycles. The molecule has 2 N–H and O–H groups in total. The Morgan fingerprint density at radius 2 is 2.04 bits per heavy atom. The number of amides is 2. The monoisotopic (exact) mass is 396 g/mol. The minimum atomic E-state index is -3.57. The maximum absolute atomic E-state index is 12.3. The van der Waals surface area contributed by atoms with Gasteiger partial charge < -0.3 is 15.5 Å². The summed E-state index contributed by atoms with van der Waals surface area (Å²) in [4.78, 5) is 25.6. The van der Waals surface area contributed by atoms with Gasteiger partial charge in [-0.1, -0.05) is 6.07 Å². The van der Waals surface area contributed by atoms with E-state index in [4.69, 9.17) is 0 Å². The summed E-state index contributed by atoms with van der Waals surface area (Å²) in [5.74, 6) is -0.0418. The molecule has 150 valence electrons. The fourth-order valence-corrected chi connectivity index (χ4v) is 4.04. The molecule has 0 aliphatic carbocycles. The fourth-order valence-electron chi connectivity index (χ4n) is 2.89. The predicted octanol–water partition coefficient (Wildman–Crippen LogP) is 0.786. The molecule has 27 heavy (non-hydrogen) atoms. The second-order valence-electron chi connectivity index (χ2n) is 6.83. The zero-order valence-electron chi connectivity index (χ0n) is 16.1. The Kier molecular flexibility index (Phi) is 7.34. The maximum Gasteiger partial charge on any atom is 0.242 e. The number of benzene rings is 1. The number of carbonyl (C=O) groups is 2. The molecule has 1 heterocycles. The van der Waals surface area contributed by atoms with Crippen molar-refractivity contribution in [2.45, 2.75) is 31.1 Å². The molecule has 0 atom stereocenters. The van der Waals surface area contributed by atoms with Crippen LogP contribution in [0.25, 0.3) is 0 Å². The third kappa shape index (κ3) is 5.75. The molecule has 0 radical (unpaired) electrons. The predicted molar refractivity (Wildman–Crippen MR) is 104 cm³/mol. The molecule has 1 aromatic carbocycles. The quantitative estimate of drug-likeness (QED) is 0.601. The van der Waals surface area contributed by atoms with E-state index in [1.54, 1.807) is 19.1 Å². The number of sulfonamides is 1. The molecule has 1 aromatic rings. The average molecular weight is 397 g/mol. The molecule has 0 spiro atoms. The third-order valence-electron chi connectivity index (χ3n) is 4.47. The van der Waals surface area contributed by atoms with Gasteiger partial charge in [-0.2, -0.15) is 0 Å². The molecule has 0 unspecified atom stereocenters. The van der Waals surface area contributed by atoms with Crippen LogP contribution in [0.3, 0.4) is 0 Å². The van der Waals surface area contributed by atoms with E-state index in [1.165, 1.54) is 20.2 Å². The Morgan fingerprint density at radius 3 is 2.67 bits per heavy atom. The molecule has 2 amide bonds. The van der Waals surface area contributed by atoms with E-state index in [2.05, 4.69) is 10.6 Å². The van der Waals surface area contributed by atoms with Crippen molar-refractivity contribution in [3.8, 4) is 0 Å². The third-order valence-corrected chi connectivity index (χ3v) is 6.43. The van der Waals surface area contributed by atoms with Crippen LogP contribution in [0.5, 0.6) is 0 Å². The molecule has 1 fully saturated rings. The van der Waals surface area contributed by atoms with Gasteiger partial charge in [0.25, 0.3) is 0 Å². The molecule has 0 aromatic heterocycles. The van der Waals surface area contributed by atoms with E-state index in [9.17, 15) is 18.0 Å². The van der Waals surface area contributed by atoms with Crippen molar-refractivity contribution in [1.82, 2.24) is 14.5 Å². The summed E-state index contributed by atoms with van der Waals surface area (Å²) in [7, 11) is -0.625. The molecule has 9 heteroatoms. The van der Waals surface area contributed by atoms with Crippen molar-refractivity contribution in [2.75, 3.05) is 45.6 Å². The molecule has 8 nitrogen and oxygen atoms in total. The second kappa shape index (κ2) is 9.29. The number of likely N-dealkylation sites (tertiary alicyclic amines) is 1. The first-order valence-electron chi connectivity index (χ1n) is 9.03. The van der Waals surface area contributed by atoms with E-state index in [0.29, 0.717) is 30.8 Å². The number of hydrogen-bond acceptors (Lipinski definition) is 5. The van der Waals surface area contributed by atoms with Gasteiger partial charge in [0.15, 0.2) is 0 Å². The van der Waals surface area contributed by atoms with E-state index in [-0.39, 0.29) is 23.3 Å². The smallest absolute Gasteiger partial charge is 0.242 e. The van der Waals surface area contributed by atoms with E-state index in [1.807, 2.05) is 4.90 Å². The van der Waals surface area contributed by atoms with Crippen LogP contribution in [0.2, 0.25) is 0 Å². The van der Waals surface area contributed by atoms with Crippen LogP contribution in [0.4, 0.5) is 5.69 Å². The minimum absolute atomic E-state index is 0.123. The zero-order valence-corrected chi connectivity index (χ0v) is 16.9. The van der Waals surface area contributed by atoms with Crippen LogP contribution in [-0.4, -0.2) is 69.7 Å². The minimum Gasteiger partial charge on any atom is -0.343 e. The molecule has 1 saturated heterocycles. The largest absolute Gasteiger partial charge is 0.343 e. The van der Waals surface area contributed by atoms with Gasteiger partial charge in [-0.3, -0.25) is 9.59 Å². The van der Waals surface area contributed by atoms with Crippen LogP contribution in [0, 0.1) is 6.92 Å². The lowest BCUT2D eigenvalue weighted by Gasteiger charge is -2.16. The van der Waals surface area contributed by atoms with Crippen molar-refractivity contribution < 1.29 is 18.0 Å². The molecule has 2 rings (SSSR count). The zero-order chi connectivity index (χ0) is 20.0. The van der Waals surface area contributed by atoms with Gasteiger partial charge in [-0.05, 0) is 44.0 Å². The van der Waals surface area contributed by atoms with Gasteiger partial charge in [0.1, 0.15) is 0 Å². The fraction of sp³-hybridized carbons (Fsp3) is 0.556. The van der Waals surface area contributed by atoms with Crippen LogP contribution < -0.4 is 10.6 Å². The van der Waals surface area contributed by atoms with E-state index >= 15 is 0 Å². The van der Waals surface area contributed by atoms with Gasteiger partial charge in [0, 0.05) is 39.3 Å². The number of aryl methyl sites for hydroxylation is 1. The van der Waals surface area contributed by atoms with Crippen molar-refractivity contribution >= 4 is 27.5 Å². The Labute approximate surface area is 161 Å². The number of nitrogens with one attached hydrogen (secondary N) is 2. The van der Waals surface area contributed by atoms with Crippen molar-refractivity contribution in [1.29, 1.82) is 0 Å². The summed E-state index contributed by atoms with van der Waals surface area (Å²) < 4.78 is 25.8. The van der Waals surface area contributed by atoms with E-state index in [0.717, 1.165) is 23.7 Å². The molecule has 1 aliphatic rings. The lowest BCUT2D eigenvalue weighted by molar-refractivity contribution is -0.127. The number of rotatable bonds is 9. The molecule has 0 bridgehead atoms. The van der Waals surface area contributed by atoms with Crippen molar-refractivity contribution in [3.05, 3.63) is 23.8 Å². The van der Waals surface area contributed by atoms with Gasteiger partial charge in [-0.25, -0.2) is 12.7 Å². The Balaban J connectivity index is 1.81. The van der Waals surface area contributed by atoms with Crippen molar-refractivity contribution in [2.24, 2.45) is 0 Å². The van der Waals surface area contributed by atoms with Gasteiger partial charge in [-0.15, -0.1) is 0 Å². The molecule has 1 aliphatic heterocycles. The van der Waals surface area contributed by atoms with Gasteiger partial charge in [0.2, 0.25) is 21.8 Å². The number of nitrogens with zero attached hydrogens (tertiary/aromatic N) is 2. The highest BCUT2D eigenvalue weighted by atomic mass is 32.2. The lowest BCUT2D eigenvalue weighted by Crippen LogP contribution is -2.32. The molecular weight excluding hydrogens is 368 g/mol. The summed E-state index contributed by atoms with van der Waals surface area (Å²) in [6.07, 6.45) is 2.35. The topological polar surface area (TPSA) is 98.8 Å². The highest BCUT2D eigenvalue weighted by Gasteiger charge is 2.21. The lowest BCUT2D eigenvalue weighted by atomic mass is 10.2. The number of anilines is 1. The summed E-state index contributed by atoms with van der Waals surface area (Å²) in [6.45, 7) is 4.00. The van der Waals surface area contributed by atoms with Gasteiger partial charge in [0.05, 0.1) is 11.4 Å². The van der Waals surface area contributed by atoms with Crippen LogP contribution in [0.1, 0.15) is 24.8 Å². The summed E-state index contributed by atoms with van der Waals surface area (Å²) in [5.41, 5.74) is 1.06. The normalized spacial score (nSPS) is 14.8. The Morgan fingerprint density at radius 1 is 1.30 bits per heavy atom. The summed E-state index contributed by atoms with van der Waals surface area (Å²) >= 11 is 0.